The van der Waals surface area contributed by atoms with Gasteiger partial charge in [-0.3, -0.25) is 0 Å². The minimum Gasteiger partial charge on any atom is -0.423 e. The molecule has 2 aromatic heterocycles. The molecule has 0 bridgehead atoms. The van der Waals surface area contributed by atoms with E-state index in [2.05, 4.69) is 0 Å². The fourth-order valence-corrected chi connectivity index (χ4v) is 4.75. The molecule has 172 valence electrons. The van der Waals surface area contributed by atoms with Crippen LogP contribution in [0.15, 0.2) is 96.4 Å². The van der Waals surface area contributed by atoms with Crippen LogP contribution in [0.1, 0.15) is 18.1 Å². The van der Waals surface area contributed by atoms with E-state index in [9.17, 15) is 25.4 Å². The molecule has 0 saturated heterocycles. The Kier molecular flexibility index (Phi) is 4.88. The van der Waals surface area contributed by atoms with E-state index >= 15 is 0 Å². The fourth-order valence-electron chi connectivity index (χ4n) is 4.75. The molecule has 1 aliphatic carbocycles. The van der Waals surface area contributed by atoms with Crippen LogP contribution >= 0.6 is 0 Å². The number of rotatable bonds is 2. The Morgan fingerprint density at radius 1 is 0.833 bits per heavy atom. The lowest BCUT2D eigenvalue weighted by atomic mass is 9.56. The first-order chi connectivity index (χ1) is 17.3. The lowest BCUT2D eigenvalue weighted by Crippen LogP contribution is -2.49. The Morgan fingerprint density at radius 2 is 1.39 bits per heavy atom. The monoisotopic (exact) mass is 472 g/mol. The molecule has 2 heterocycles. The SMILES string of the molecule is CC1(c2cc3ccccc3oc2=O)C=C(c2cc3ccccc3oc2=O)C(C#N)=C(N)C1(C#N)C#N. The molecule has 0 saturated carbocycles. The standard InChI is InChI=1S/C28H16N4O4/c1-27(21-11-17-7-3-5-9-23(17)36-26(21)34)12-19(20(13-29)24(32)28(27,14-30)15-31)18-10-16-6-2-4-8-22(16)35-25(18)33/h2-12H,32H2,1H3. The van der Waals surface area contributed by atoms with Gasteiger partial charge < -0.3 is 14.6 Å². The summed E-state index contributed by atoms with van der Waals surface area (Å²) >= 11 is 0. The summed E-state index contributed by atoms with van der Waals surface area (Å²) in [4.78, 5) is 26.2. The minimum absolute atomic E-state index is 0.00841. The number of nitriles is 3. The summed E-state index contributed by atoms with van der Waals surface area (Å²) in [5, 5.41) is 31.6. The molecular formula is C28H16N4O4. The van der Waals surface area contributed by atoms with Gasteiger partial charge in [0.1, 0.15) is 17.2 Å². The van der Waals surface area contributed by atoms with E-state index in [0.717, 1.165) is 0 Å². The van der Waals surface area contributed by atoms with Crippen molar-refractivity contribution in [1.82, 2.24) is 0 Å². The second-order valence-corrected chi connectivity index (χ2v) is 8.61. The van der Waals surface area contributed by atoms with Crippen LogP contribution < -0.4 is 17.0 Å². The molecule has 0 fully saturated rings. The summed E-state index contributed by atoms with van der Waals surface area (Å²) in [6.45, 7) is 1.49. The first kappa shape index (κ1) is 22.4. The fraction of sp³-hybridized carbons (Fsp3) is 0.107. The number of hydrogen-bond acceptors (Lipinski definition) is 8. The van der Waals surface area contributed by atoms with E-state index < -0.39 is 22.1 Å². The van der Waals surface area contributed by atoms with Gasteiger partial charge in [-0.15, -0.1) is 0 Å². The number of nitrogens with two attached hydrogens (primary N) is 1. The van der Waals surface area contributed by atoms with Crippen LogP contribution in [0.2, 0.25) is 0 Å². The Labute approximate surface area is 204 Å². The molecular weight excluding hydrogens is 456 g/mol. The van der Waals surface area contributed by atoms with Gasteiger partial charge in [0.05, 0.1) is 40.0 Å². The topological polar surface area (TPSA) is 158 Å². The van der Waals surface area contributed by atoms with Crippen LogP contribution in [-0.2, 0) is 5.41 Å². The van der Waals surface area contributed by atoms with Crippen molar-refractivity contribution in [3.8, 4) is 18.2 Å². The van der Waals surface area contributed by atoms with E-state index in [1.165, 1.54) is 19.1 Å². The highest BCUT2D eigenvalue weighted by Gasteiger charge is 2.57. The number of allylic oxidation sites excluding steroid dienone is 4. The van der Waals surface area contributed by atoms with Gasteiger partial charge >= 0.3 is 11.3 Å². The van der Waals surface area contributed by atoms with Crippen molar-refractivity contribution in [2.45, 2.75) is 12.3 Å². The lowest BCUT2D eigenvalue weighted by molar-refractivity contribution is 0.372. The Balaban J connectivity index is 1.91. The van der Waals surface area contributed by atoms with Gasteiger partial charge in [0.25, 0.3) is 0 Å². The molecule has 0 amide bonds. The van der Waals surface area contributed by atoms with Crippen molar-refractivity contribution < 1.29 is 8.83 Å². The van der Waals surface area contributed by atoms with Crippen LogP contribution in [0.4, 0.5) is 0 Å². The van der Waals surface area contributed by atoms with E-state index in [0.29, 0.717) is 21.9 Å². The van der Waals surface area contributed by atoms with Crippen molar-refractivity contribution in [3.05, 3.63) is 110 Å². The molecule has 0 spiro atoms. The highest BCUT2D eigenvalue weighted by Crippen LogP contribution is 2.52. The first-order valence-electron chi connectivity index (χ1n) is 10.8. The highest BCUT2D eigenvalue weighted by molar-refractivity contribution is 5.91. The largest absolute Gasteiger partial charge is 0.423 e. The molecule has 0 radical (unpaired) electrons. The molecule has 2 aromatic carbocycles. The maximum atomic E-state index is 13.2. The molecule has 1 aliphatic rings. The summed E-state index contributed by atoms with van der Waals surface area (Å²) in [6.07, 6.45) is 1.40. The van der Waals surface area contributed by atoms with Gasteiger partial charge in [0, 0.05) is 16.3 Å². The van der Waals surface area contributed by atoms with Crippen molar-refractivity contribution in [2.24, 2.45) is 11.1 Å². The predicted molar refractivity (Wildman–Crippen MR) is 131 cm³/mol. The second kappa shape index (κ2) is 7.84. The molecule has 2 N–H and O–H groups in total. The number of benzene rings is 2. The summed E-state index contributed by atoms with van der Waals surface area (Å²) in [7, 11) is 0. The van der Waals surface area contributed by atoms with Gasteiger partial charge in [-0.05, 0) is 31.2 Å². The van der Waals surface area contributed by atoms with Gasteiger partial charge in [-0.2, -0.15) is 15.8 Å². The molecule has 8 heteroatoms. The lowest BCUT2D eigenvalue weighted by Gasteiger charge is -2.41. The summed E-state index contributed by atoms with van der Waals surface area (Å²) in [5.74, 6) is 0. The van der Waals surface area contributed by atoms with Crippen LogP contribution in [-0.4, -0.2) is 0 Å². The Morgan fingerprint density at radius 3 is 1.97 bits per heavy atom. The number of fused-ring (bicyclic) bond motifs is 2. The van der Waals surface area contributed by atoms with E-state index in [1.807, 2.05) is 18.2 Å². The second-order valence-electron chi connectivity index (χ2n) is 8.61. The van der Waals surface area contributed by atoms with Gasteiger partial charge in [-0.1, -0.05) is 42.5 Å². The van der Waals surface area contributed by atoms with Crippen molar-refractivity contribution in [1.29, 1.82) is 15.8 Å². The molecule has 1 unspecified atom stereocenters. The Bertz CT molecular complexity index is 1890. The van der Waals surface area contributed by atoms with Crippen LogP contribution in [0, 0.1) is 39.4 Å². The maximum Gasteiger partial charge on any atom is 0.344 e. The van der Waals surface area contributed by atoms with Crippen LogP contribution in [0.25, 0.3) is 27.5 Å². The van der Waals surface area contributed by atoms with E-state index in [1.54, 1.807) is 54.6 Å². The summed E-state index contributed by atoms with van der Waals surface area (Å²) < 4.78 is 11.0. The van der Waals surface area contributed by atoms with Gasteiger partial charge in [-0.25, -0.2) is 9.59 Å². The van der Waals surface area contributed by atoms with Crippen molar-refractivity contribution in [3.63, 3.8) is 0 Å². The number of hydrogen-bond donors (Lipinski definition) is 1. The minimum atomic E-state index is -2.14. The normalized spacial score (nSPS) is 18.8. The molecule has 0 aliphatic heterocycles. The van der Waals surface area contributed by atoms with Crippen LogP contribution in [0.5, 0.6) is 0 Å². The highest BCUT2D eigenvalue weighted by atomic mass is 16.4. The third kappa shape index (κ3) is 2.91. The van der Waals surface area contributed by atoms with Gasteiger partial charge in [0.15, 0.2) is 5.41 Å². The van der Waals surface area contributed by atoms with E-state index in [4.69, 9.17) is 14.6 Å². The molecule has 5 rings (SSSR count). The molecule has 4 aromatic rings. The molecule has 8 nitrogen and oxygen atoms in total. The third-order valence-electron chi connectivity index (χ3n) is 6.73. The Hall–Kier alpha value is -5.39. The average molecular weight is 472 g/mol. The van der Waals surface area contributed by atoms with E-state index in [-0.39, 0.29) is 28.0 Å². The summed E-state index contributed by atoms with van der Waals surface area (Å²) in [5.41, 5.74) is 1.14. The molecule has 1 atom stereocenters. The zero-order valence-electron chi connectivity index (χ0n) is 18.9. The molecule has 36 heavy (non-hydrogen) atoms. The summed E-state index contributed by atoms with van der Waals surface area (Å²) in [6, 6.07) is 22.5. The van der Waals surface area contributed by atoms with Crippen molar-refractivity contribution >= 4 is 27.5 Å². The van der Waals surface area contributed by atoms with Crippen LogP contribution in [0.3, 0.4) is 0 Å². The number of nitrogens with zero attached hydrogens (tertiary/aromatic N) is 3. The van der Waals surface area contributed by atoms with Gasteiger partial charge in [0.2, 0.25) is 0 Å². The predicted octanol–water partition coefficient (Wildman–Crippen LogP) is 4.02. The third-order valence-corrected chi connectivity index (χ3v) is 6.73. The quantitative estimate of drug-likeness (QED) is 0.428. The first-order valence-corrected chi connectivity index (χ1v) is 10.8. The smallest absolute Gasteiger partial charge is 0.344 e. The van der Waals surface area contributed by atoms with Crippen molar-refractivity contribution in [2.75, 3.05) is 0 Å². The average Bonchev–Trinajstić information content (AvgIpc) is 2.88. The maximum absolute atomic E-state index is 13.2. The number of para-hydroxylation sites is 2. The zero-order chi connectivity index (χ0) is 25.7. The zero-order valence-corrected chi connectivity index (χ0v) is 18.9.